The summed E-state index contributed by atoms with van der Waals surface area (Å²) >= 11 is 0. The second-order valence-corrected chi connectivity index (χ2v) is 5.24. The van der Waals surface area contributed by atoms with Crippen molar-refractivity contribution in [3.63, 3.8) is 0 Å². The predicted octanol–water partition coefficient (Wildman–Crippen LogP) is 0.278. The summed E-state index contributed by atoms with van der Waals surface area (Å²) in [5.74, 6) is 4.30. The molecule has 0 saturated carbocycles. The average molecular weight is 283 g/mol. The molecule has 0 aromatic heterocycles. The highest BCUT2D eigenvalue weighted by molar-refractivity contribution is 7.84. The third-order valence-electron chi connectivity index (χ3n) is 2.20. The summed E-state index contributed by atoms with van der Waals surface area (Å²) in [7, 11) is -1.00. The normalized spacial score (nSPS) is 11.3. The van der Waals surface area contributed by atoms with Crippen molar-refractivity contribution >= 4 is 16.7 Å². The van der Waals surface area contributed by atoms with E-state index >= 15 is 0 Å². The summed E-state index contributed by atoms with van der Waals surface area (Å²) in [6, 6.07) is 3.66. The lowest BCUT2D eigenvalue weighted by molar-refractivity contribution is 0.0955. The van der Waals surface area contributed by atoms with Crippen LogP contribution >= 0.6 is 0 Å². The number of nitrogens with one attached hydrogen (secondary N) is 1. The summed E-state index contributed by atoms with van der Waals surface area (Å²) in [6.45, 7) is -0.0986. The van der Waals surface area contributed by atoms with Crippen LogP contribution < -0.4 is 5.32 Å². The van der Waals surface area contributed by atoms with Gasteiger partial charge < -0.3 is 10.4 Å². The van der Waals surface area contributed by atoms with E-state index < -0.39 is 22.5 Å². The molecule has 0 bridgehead atoms. The van der Waals surface area contributed by atoms with Crippen LogP contribution in [-0.4, -0.2) is 40.4 Å². The molecule has 1 atom stereocenters. The smallest absolute Gasteiger partial charge is 0.252 e. The number of hydrogen-bond donors (Lipinski definition) is 2. The molecule has 0 saturated heterocycles. The van der Waals surface area contributed by atoms with Crippen LogP contribution in [0.1, 0.15) is 15.9 Å². The number of aliphatic hydroxyl groups is 1. The Labute approximate surface area is 113 Å². The Morgan fingerprint density at radius 1 is 1.53 bits per heavy atom. The number of amides is 1. The first-order chi connectivity index (χ1) is 9.04. The molecule has 1 aromatic carbocycles. The fourth-order valence-electron chi connectivity index (χ4n) is 1.35. The molecule has 0 fully saturated rings. The zero-order valence-corrected chi connectivity index (χ0v) is 11.2. The van der Waals surface area contributed by atoms with Crippen LogP contribution in [0.3, 0.4) is 0 Å². The molecule has 102 valence electrons. The van der Waals surface area contributed by atoms with Gasteiger partial charge in [-0.2, -0.15) is 0 Å². The molecule has 0 heterocycles. The van der Waals surface area contributed by atoms with Gasteiger partial charge in [0.2, 0.25) is 0 Å². The topological polar surface area (TPSA) is 66.4 Å². The highest BCUT2D eigenvalue weighted by atomic mass is 32.2. The molecule has 0 radical (unpaired) electrons. The molecular weight excluding hydrogens is 269 g/mol. The first-order valence-electron chi connectivity index (χ1n) is 5.52. The lowest BCUT2D eigenvalue weighted by Gasteiger charge is -2.06. The van der Waals surface area contributed by atoms with Crippen molar-refractivity contribution in [1.29, 1.82) is 0 Å². The summed E-state index contributed by atoms with van der Waals surface area (Å²) in [6.07, 6.45) is 1.53. The number of aliphatic hydroxyl groups excluding tert-OH is 1. The van der Waals surface area contributed by atoms with Crippen molar-refractivity contribution in [3.05, 3.63) is 35.1 Å². The molecule has 19 heavy (non-hydrogen) atoms. The summed E-state index contributed by atoms with van der Waals surface area (Å²) < 4.78 is 24.0. The van der Waals surface area contributed by atoms with Gasteiger partial charge in [-0.1, -0.05) is 11.8 Å². The van der Waals surface area contributed by atoms with E-state index in [0.29, 0.717) is 11.3 Å². The molecule has 6 heteroatoms. The van der Waals surface area contributed by atoms with Crippen molar-refractivity contribution in [2.45, 2.75) is 0 Å². The van der Waals surface area contributed by atoms with Crippen molar-refractivity contribution in [2.75, 3.05) is 25.2 Å². The molecule has 0 aliphatic heterocycles. The molecule has 1 unspecified atom stereocenters. The molecule has 1 amide bonds. The van der Waals surface area contributed by atoms with E-state index in [-0.39, 0.29) is 18.7 Å². The number of hydrogen-bond acceptors (Lipinski definition) is 3. The van der Waals surface area contributed by atoms with Crippen LogP contribution in [0.25, 0.3) is 0 Å². The molecule has 1 rings (SSSR count). The van der Waals surface area contributed by atoms with Crippen LogP contribution in [0.5, 0.6) is 0 Å². The van der Waals surface area contributed by atoms with Crippen LogP contribution in [-0.2, 0) is 10.8 Å². The molecule has 4 nitrogen and oxygen atoms in total. The zero-order chi connectivity index (χ0) is 14.3. The van der Waals surface area contributed by atoms with Gasteiger partial charge in [-0.15, -0.1) is 0 Å². The predicted molar refractivity (Wildman–Crippen MR) is 71.6 cm³/mol. The van der Waals surface area contributed by atoms with Crippen LogP contribution in [0.2, 0.25) is 0 Å². The van der Waals surface area contributed by atoms with Gasteiger partial charge in [-0.05, 0) is 18.2 Å². The summed E-state index contributed by atoms with van der Waals surface area (Å²) in [5.41, 5.74) is 0.438. The van der Waals surface area contributed by atoms with Gasteiger partial charge >= 0.3 is 0 Å². The molecule has 0 aliphatic carbocycles. The summed E-state index contributed by atoms with van der Waals surface area (Å²) in [4.78, 5) is 11.9. The third kappa shape index (κ3) is 5.20. The van der Waals surface area contributed by atoms with Gasteiger partial charge in [-0.25, -0.2) is 4.39 Å². The first kappa shape index (κ1) is 15.3. The number of halogens is 1. The van der Waals surface area contributed by atoms with E-state index in [9.17, 15) is 13.4 Å². The van der Waals surface area contributed by atoms with Crippen molar-refractivity contribution in [1.82, 2.24) is 5.32 Å². The summed E-state index contributed by atoms with van der Waals surface area (Å²) in [5, 5.41) is 11.2. The van der Waals surface area contributed by atoms with Crippen LogP contribution in [0, 0.1) is 17.7 Å². The second-order valence-electron chi connectivity index (χ2n) is 3.68. The maximum absolute atomic E-state index is 13.2. The Morgan fingerprint density at radius 2 is 2.26 bits per heavy atom. The Bertz CT molecular complexity index is 549. The third-order valence-corrected chi connectivity index (χ3v) is 2.98. The van der Waals surface area contributed by atoms with E-state index in [2.05, 4.69) is 17.2 Å². The molecule has 0 aliphatic rings. The quantitative estimate of drug-likeness (QED) is 0.780. The second kappa shape index (κ2) is 7.67. The fraction of sp³-hybridized carbons (Fsp3) is 0.308. The van der Waals surface area contributed by atoms with E-state index in [4.69, 9.17) is 5.11 Å². The lowest BCUT2D eigenvalue weighted by Crippen LogP contribution is -2.28. The van der Waals surface area contributed by atoms with Crippen LogP contribution in [0.4, 0.5) is 4.39 Å². The van der Waals surface area contributed by atoms with Gasteiger partial charge in [0.15, 0.2) is 0 Å². The maximum Gasteiger partial charge on any atom is 0.252 e. The number of rotatable bonds is 4. The minimum absolute atomic E-state index is 0.0998. The fourth-order valence-corrected chi connectivity index (χ4v) is 1.74. The van der Waals surface area contributed by atoms with Crippen molar-refractivity contribution < 1.29 is 18.5 Å². The Hall–Kier alpha value is -1.71. The van der Waals surface area contributed by atoms with E-state index in [1.165, 1.54) is 18.4 Å². The van der Waals surface area contributed by atoms with Gasteiger partial charge in [-0.3, -0.25) is 9.00 Å². The number of carbonyl (C=O) groups excluding carboxylic acids is 1. The van der Waals surface area contributed by atoms with Crippen molar-refractivity contribution in [3.8, 4) is 11.8 Å². The van der Waals surface area contributed by atoms with E-state index in [0.717, 1.165) is 6.07 Å². The standard InChI is InChI=1S/C13H14FNO3S/c1-19(18)8-6-15-13(17)12-9-11(14)5-4-10(12)3-2-7-16/h4-5,9,16H,6-8H2,1H3,(H,15,17). The first-order valence-corrected chi connectivity index (χ1v) is 7.25. The molecular formula is C13H14FNO3S. The highest BCUT2D eigenvalue weighted by Gasteiger charge is 2.11. The Morgan fingerprint density at radius 3 is 2.89 bits per heavy atom. The van der Waals surface area contributed by atoms with Gasteiger partial charge in [0.05, 0.1) is 5.56 Å². The monoisotopic (exact) mass is 283 g/mol. The van der Waals surface area contributed by atoms with Crippen LogP contribution in [0.15, 0.2) is 18.2 Å². The molecule has 2 N–H and O–H groups in total. The zero-order valence-electron chi connectivity index (χ0n) is 10.4. The average Bonchev–Trinajstić information content (AvgIpc) is 2.36. The Balaban J connectivity index is 2.87. The number of benzene rings is 1. The van der Waals surface area contributed by atoms with E-state index in [1.807, 2.05) is 0 Å². The minimum atomic E-state index is -1.00. The molecule has 0 spiro atoms. The SMILES string of the molecule is CS(=O)CCNC(=O)c1cc(F)ccc1C#CCO. The highest BCUT2D eigenvalue weighted by Crippen LogP contribution is 2.10. The minimum Gasteiger partial charge on any atom is -0.384 e. The van der Waals surface area contributed by atoms with Gasteiger partial charge in [0.25, 0.3) is 5.91 Å². The Kier molecular flexibility index (Phi) is 6.19. The lowest BCUT2D eigenvalue weighted by atomic mass is 10.1. The maximum atomic E-state index is 13.2. The largest absolute Gasteiger partial charge is 0.384 e. The van der Waals surface area contributed by atoms with Crippen molar-refractivity contribution in [2.24, 2.45) is 0 Å². The van der Waals surface area contributed by atoms with Gasteiger partial charge in [0, 0.05) is 34.9 Å². The van der Waals surface area contributed by atoms with E-state index in [1.54, 1.807) is 0 Å². The van der Waals surface area contributed by atoms with Gasteiger partial charge in [0.1, 0.15) is 12.4 Å². The molecule has 1 aromatic rings. The number of carbonyl (C=O) groups is 1.